The van der Waals surface area contributed by atoms with Crippen LogP contribution >= 0.6 is 27.7 Å². The zero-order valence-corrected chi connectivity index (χ0v) is 13.2. The van der Waals surface area contributed by atoms with Gasteiger partial charge in [-0.25, -0.2) is 0 Å². The fourth-order valence-electron chi connectivity index (χ4n) is 2.46. The van der Waals surface area contributed by atoms with Crippen LogP contribution in [0, 0.1) is 10.1 Å². The molecule has 0 heterocycles. The van der Waals surface area contributed by atoms with Crippen molar-refractivity contribution in [1.29, 1.82) is 0 Å². The smallest absolute Gasteiger partial charge is 0.292 e. The van der Waals surface area contributed by atoms with E-state index in [0.717, 1.165) is 23.1 Å². The molecule has 6 heteroatoms. The molecule has 0 bridgehead atoms. The second-order valence-corrected chi connectivity index (χ2v) is 7.14. The topological polar surface area (TPSA) is 55.2 Å². The summed E-state index contributed by atoms with van der Waals surface area (Å²) in [5.41, 5.74) is 0.765. The van der Waals surface area contributed by atoms with Crippen molar-refractivity contribution in [3.05, 3.63) is 32.8 Å². The Morgan fingerprint density at radius 1 is 1.53 bits per heavy atom. The average molecular weight is 345 g/mol. The van der Waals surface area contributed by atoms with Gasteiger partial charge in [-0.05, 0) is 37.1 Å². The number of thioether (sulfide) groups is 1. The Kier molecular flexibility index (Phi) is 5.10. The fraction of sp³-hybridized carbons (Fsp3) is 0.538. The number of nitrogens with zero attached hydrogens (tertiary/aromatic N) is 1. The first kappa shape index (κ1) is 14.7. The average Bonchev–Trinajstić information content (AvgIpc) is 2.77. The summed E-state index contributed by atoms with van der Waals surface area (Å²) in [5, 5.41) is 15.0. The van der Waals surface area contributed by atoms with Gasteiger partial charge in [0, 0.05) is 21.8 Å². The van der Waals surface area contributed by atoms with Gasteiger partial charge in [-0.2, -0.15) is 11.8 Å². The predicted molar refractivity (Wildman–Crippen MR) is 84.0 cm³/mol. The van der Waals surface area contributed by atoms with Crippen LogP contribution in [-0.4, -0.2) is 22.0 Å². The Bertz CT molecular complexity index is 470. The molecule has 0 aliphatic heterocycles. The van der Waals surface area contributed by atoms with Crippen LogP contribution in [0.4, 0.5) is 11.4 Å². The summed E-state index contributed by atoms with van der Waals surface area (Å²) in [7, 11) is 0. The molecule has 4 nitrogen and oxygen atoms in total. The largest absolute Gasteiger partial charge is 0.377 e. The first-order chi connectivity index (χ1) is 9.10. The number of benzene rings is 1. The van der Waals surface area contributed by atoms with E-state index in [4.69, 9.17) is 0 Å². The van der Waals surface area contributed by atoms with Gasteiger partial charge in [0.1, 0.15) is 5.69 Å². The molecule has 2 unspecified atom stereocenters. The van der Waals surface area contributed by atoms with E-state index in [9.17, 15) is 10.1 Å². The second-order valence-electron chi connectivity index (χ2n) is 4.65. The van der Waals surface area contributed by atoms with Gasteiger partial charge in [0.25, 0.3) is 5.69 Å². The van der Waals surface area contributed by atoms with Gasteiger partial charge in [0.15, 0.2) is 0 Å². The molecule has 0 amide bonds. The van der Waals surface area contributed by atoms with Crippen molar-refractivity contribution in [1.82, 2.24) is 0 Å². The Morgan fingerprint density at radius 2 is 2.32 bits per heavy atom. The van der Waals surface area contributed by atoms with E-state index in [1.165, 1.54) is 6.42 Å². The van der Waals surface area contributed by atoms with Crippen LogP contribution in [0.25, 0.3) is 0 Å². The van der Waals surface area contributed by atoms with E-state index in [1.54, 1.807) is 18.2 Å². The first-order valence-corrected chi connectivity index (χ1v) is 8.26. The number of hydrogen-bond donors (Lipinski definition) is 1. The normalized spacial score (nSPS) is 22.4. The maximum absolute atomic E-state index is 11.0. The Hall–Kier alpha value is -0.750. The lowest BCUT2D eigenvalue weighted by Gasteiger charge is -2.14. The molecule has 2 rings (SSSR count). The van der Waals surface area contributed by atoms with Crippen molar-refractivity contribution in [2.24, 2.45) is 0 Å². The van der Waals surface area contributed by atoms with E-state index in [1.807, 2.05) is 11.8 Å². The van der Waals surface area contributed by atoms with Crippen LogP contribution in [0.3, 0.4) is 0 Å². The minimum Gasteiger partial charge on any atom is -0.377 e. The monoisotopic (exact) mass is 344 g/mol. The Morgan fingerprint density at radius 3 is 3.00 bits per heavy atom. The van der Waals surface area contributed by atoms with Crippen LogP contribution in [0.1, 0.15) is 26.2 Å². The highest BCUT2D eigenvalue weighted by molar-refractivity contribution is 9.10. The highest BCUT2D eigenvalue weighted by Crippen LogP contribution is 2.34. The summed E-state index contributed by atoms with van der Waals surface area (Å²) in [6, 6.07) is 5.38. The highest BCUT2D eigenvalue weighted by atomic mass is 79.9. The van der Waals surface area contributed by atoms with Crippen molar-refractivity contribution in [3.8, 4) is 0 Å². The Labute approximate surface area is 125 Å². The number of halogens is 1. The van der Waals surface area contributed by atoms with Crippen LogP contribution in [0.2, 0.25) is 0 Å². The van der Waals surface area contributed by atoms with Gasteiger partial charge in [0.2, 0.25) is 0 Å². The van der Waals surface area contributed by atoms with Gasteiger partial charge in [-0.3, -0.25) is 10.1 Å². The number of nitrogens with one attached hydrogen (secondary N) is 1. The van der Waals surface area contributed by atoms with Crippen molar-refractivity contribution >= 4 is 39.1 Å². The van der Waals surface area contributed by atoms with Crippen LogP contribution in [0.5, 0.6) is 0 Å². The van der Waals surface area contributed by atoms with Gasteiger partial charge < -0.3 is 5.32 Å². The minimum atomic E-state index is -0.331. The molecule has 19 heavy (non-hydrogen) atoms. The number of anilines is 1. The van der Waals surface area contributed by atoms with E-state index in [-0.39, 0.29) is 10.6 Å². The third kappa shape index (κ3) is 3.86. The quantitative estimate of drug-likeness (QED) is 0.633. The summed E-state index contributed by atoms with van der Waals surface area (Å²) in [5.74, 6) is 1.13. The van der Waals surface area contributed by atoms with E-state index in [0.29, 0.717) is 17.0 Å². The van der Waals surface area contributed by atoms with Crippen molar-refractivity contribution in [2.45, 2.75) is 37.5 Å². The number of nitro groups is 1. The summed E-state index contributed by atoms with van der Waals surface area (Å²) in [6.45, 7) is 2.17. The lowest BCUT2D eigenvalue weighted by Crippen LogP contribution is -2.17. The molecular formula is C13H17BrN2O2S. The molecule has 0 saturated heterocycles. The van der Waals surface area contributed by atoms with Crippen LogP contribution in [0.15, 0.2) is 22.7 Å². The molecule has 1 aliphatic rings. The molecule has 1 saturated carbocycles. The number of rotatable bonds is 5. The van der Waals surface area contributed by atoms with Gasteiger partial charge >= 0.3 is 0 Å². The molecule has 2 atom stereocenters. The maximum atomic E-state index is 11.0. The molecule has 0 aromatic heterocycles. The number of hydrogen-bond acceptors (Lipinski definition) is 4. The molecule has 1 aromatic rings. The lowest BCUT2D eigenvalue weighted by atomic mass is 10.2. The molecule has 1 fully saturated rings. The molecule has 1 aromatic carbocycles. The summed E-state index contributed by atoms with van der Waals surface area (Å²) in [6.07, 6.45) is 3.36. The number of nitro benzene ring substituents is 1. The predicted octanol–water partition coefficient (Wildman–Crippen LogP) is 4.44. The zero-order valence-electron chi connectivity index (χ0n) is 10.8. The van der Waals surface area contributed by atoms with Gasteiger partial charge in [0.05, 0.1) is 4.92 Å². The van der Waals surface area contributed by atoms with Gasteiger partial charge in [-0.15, -0.1) is 0 Å². The summed E-state index contributed by atoms with van der Waals surface area (Å²) in [4.78, 5) is 10.7. The molecule has 0 spiro atoms. The molecule has 1 aliphatic carbocycles. The first-order valence-electron chi connectivity index (χ1n) is 6.42. The lowest BCUT2D eigenvalue weighted by molar-refractivity contribution is -0.384. The second kappa shape index (κ2) is 6.61. The SMILES string of the molecule is CCSC1CCC(Nc2cc(Br)ccc2[N+](=O)[O-])C1. The van der Waals surface area contributed by atoms with E-state index in [2.05, 4.69) is 28.2 Å². The summed E-state index contributed by atoms with van der Waals surface area (Å²) < 4.78 is 0.859. The van der Waals surface area contributed by atoms with E-state index < -0.39 is 0 Å². The maximum Gasteiger partial charge on any atom is 0.292 e. The minimum absolute atomic E-state index is 0.148. The third-order valence-electron chi connectivity index (χ3n) is 3.30. The Balaban J connectivity index is 2.07. The molecule has 0 radical (unpaired) electrons. The van der Waals surface area contributed by atoms with Crippen LogP contribution < -0.4 is 5.32 Å². The van der Waals surface area contributed by atoms with Crippen molar-refractivity contribution in [3.63, 3.8) is 0 Å². The highest BCUT2D eigenvalue weighted by Gasteiger charge is 2.26. The van der Waals surface area contributed by atoms with Crippen LogP contribution in [-0.2, 0) is 0 Å². The van der Waals surface area contributed by atoms with Crippen molar-refractivity contribution in [2.75, 3.05) is 11.1 Å². The third-order valence-corrected chi connectivity index (χ3v) is 5.03. The molecule has 104 valence electrons. The molecule has 1 N–H and O–H groups in total. The van der Waals surface area contributed by atoms with Gasteiger partial charge in [-0.1, -0.05) is 22.9 Å². The standard InChI is InChI=1S/C13H17BrN2O2S/c1-2-19-11-5-4-10(8-11)15-12-7-9(14)3-6-13(12)16(17)18/h3,6-7,10-11,15H,2,4-5,8H2,1H3. The molecular weight excluding hydrogens is 328 g/mol. The van der Waals surface area contributed by atoms with E-state index >= 15 is 0 Å². The van der Waals surface area contributed by atoms with Crippen molar-refractivity contribution < 1.29 is 4.92 Å². The fourth-order valence-corrected chi connectivity index (χ4v) is 3.96. The summed E-state index contributed by atoms with van der Waals surface area (Å²) >= 11 is 5.35. The zero-order chi connectivity index (χ0) is 13.8.